The number of hydrogen-bond donors (Lipinski definition) is 1. The molecule has 2 rings (SSSR count). The standard InChI is InChI=1S/C10H15ClN4/c1-15(8-2-4-12-5-3-8)10-7-13-6-9(11)14-10/h6-8,12H,2-5H2,1H3. The van der Waals surface area contributed by atoms with Crippen LogP contribution in [0.5, 0.6) is 0 Å². The Labute approximate surface area is 94.7 Å². The first-order valence-electron chi connectivity index (χ1n) is 5.18. The highest BCUT2D eigenvalue weighted by Crippen LogP contribution is 2.18. The SMILES string of the molecule is CN(c1cncc(Cl)n1)C1CCNCC1. The van der Waals surface area contributed by atoms with E-state index in [1.54, 1.807) is 12.4 Å². The highest BCUT2D eigenvalue weighted by molar-refractivity contribution is 6.29. The molecule has 1 aliphatic heterocycles. The Morgan fingerprint density at radius 2 is 2.13 bits per heavy atom. The molecule has 1 saturated heterocycles. The second kappa shape index (κ2) is 4.77. The number of anilines is 1. The molecule has 0 atom stereocenters. The summed E-state index contributed by atoms with van der Waals surface area (Å²) in [6, 6.07) is 0.541. The maximum atomic E-state index is 5.82. The van der Waals surface area contributed by atoms with E-state index in [2.05, 4.69) is 27.2 Å². The van der Waals surface area contributed by atoms with Gasteiger partial charge in [0.15, 0.2) is 0 Å². The van der Waals surface area contributed by atoms with E-state index >= 15 is 0 Å². The second-order valence-corrected chi connectivity index (χ2v) is 4.18. The highest BCUT2D eigenvalue weighted by atomic mass is 35.5. The largest absolute Gasteiger partial charge is 0.355 e. The molecule has 15 heavy (non-hydrogen) atoms. The fourth-order valence-electron chi connectivity index (χ4n) is 1.88. The van der Waals surface area contributed by atoms with E-state index in [4.69, 9.17) is 11.6 Å². The molecule has 1 fully saturated rings. The lowest BCUT2D eigenvalue weighted by molar-refractivity contribution is 0.441. The van der Waals surface area contributed by atoms with Gasteiger partial charge in [0.2, 0.25) is 0 Å². The number of nitrogens with zero attached hydrogens (tertiary/aromatic N) is 3. The molecule has 0 aromatic carbocycles. The minimum absolute atomic E-state index is 0.452. The smallest absolute Gasteiger partial charge is 0.149 e. The molecule has 1 aliphatic rings. The molecule has 4 nitrogen and oxygen atoms in total. The molecule has 0 spiro atoms. The van der Waals surface area contributed by atoms with Crippen LogP contribution in [0.1, 0.15) is 12.8 Å². The Morgan fingerprint density at radius 3 is 2.80 bits per heavy atom. The summed E-state index contributed by atoms with van der Waals surface area (Å²) in [6.45, 7) is 2.14. The summed E-state index contributed by atoms with van der Waals surface area (Å²) >= 11 is 5.82. The van der Waals surface area contributed by atoms with Gasteiger partial charge in [-0.2, -0.15) is 0 Å². The molecular formula is C10H15ClN4. The molecule has 5 heteroatoms. The molecule has 2 heterocycles. The number of aromatic nitrogens is 2. The number of rotatable bonds is 2. The van der Waals surface area contributed by atoms with Crippen molar-refractivity contribution >= 4 is 17.4 Å². The second-order valence-electron chi connectivity index (χ2n) is 3.79. The predicted molar refractivity (Wildman–Crippen MR) is 61.3 cm³/mol. The van der Waals surface area contributed by atoms with Crippen LogP contribution in [0.25, 0.3) is 0 Å². The fraction of sp³-hybridized carbons (Fsp3) is 0.600. The molecule has 1 aromatic rings. The Morgan fingerprint density at radius 1 is 1.40 bits per heavy atom. The van der Waals surface area contributed by atoms with Gasteiger partial charge in [0.25, 0.3) is 0 Å². The molecule has 82 valence electrons. The van der Waals surface area contributed by atoms with Crippen molar-refractivity contribution < 1.29 is 0 Å². The summed E-state index contributed by atoms with van der Waals surface area (Å²) in [4.78, 5) is 10.5. The molecular weight excluding hydrogens is 212 g/mol. The zero-order valence-electron chi connectivity index (χ0n) is 8.78. The van der Waals surface area contributed by atoms with E-state index in [0.29, 0.717) is 11.2 Å². The zero-order valence-corrected chi connectivity index (χ0v) is 9.54. The molecule has 0 bridgehead atoms. The van der Waals surface area contributed by atoms with E-state index < -0.39 is 0 Å². The monoisotopic (exact) mass is 226 g/mol. The third-order valence-corrected chi connectivity index (χ3v) is 2.99. The fourth-order valence-corrected chi connectivity index (χ4v) is 2.03. The minimum Gasteiger partial charge on any atom is -0.355 e. The Balaban J connectivity index is 2.08. The molecule has 0 saturated carbocycles. The summed E-state index contributed by atoms with van der Waals surface area (Å²) in [6.07, 6.45) is 5.60. The summed E-state index contributed by atoms with van der Waals surface area (Å²) in [5, 5.41) is 3.80. The molecule has 0 unspecified atom stereocenters. The van der Waals surface area contributed by atoms with E-state index in [-0.39, 0.29) is 0 Å². The van der Waals surface area contributed by atoms with Gasteiger partial charge in [0, 0.05) is 13.1 Å². The summed E-state index contributed by atoms with van der Waals surface area (Å²) in [5.41, 5.74) is 0. The molecule has 0 amide bonds. The van der Waals surface area contributed by atoms with Gasteiger partial charge >= 0.3 is 0 Å². The topological polar surface area (TPSA) is 41.1 Å². The van der Waals surface area contributed by atoms with Gasteiger partial charge in [-0.3, -0.25) is 4.98 Å². The Kier molecular flexibility index (Phi) is 3.38. The lowest BCUT2D eigenvalue weighted by Crippen LogP contribution is -2.41. The van der Waals surface area contributed by atoms with Crippen molar-refractivity contribution in [3.05, 3.63) is 17.5 Å². The first kappa shape index (κ1) is 10.6. The predicted octanol–water partition coefficient (Wildman–Crippen LogP) is 1.32. The highest BCUT2D eigenvalue weighted by Gasteiger charge is 2.18. The van der Waals surface area contributed by atoms with E-state index in [0.717, 1.165) is 31.7 Å². The summed E-state index contributed by atoms with van der Waals surface area (Å²) < 4.78 is 0. The van der Waals surface area contributed by atoms with Crippen molar-refractivity contribution in [3.63, 3.8) is 0 Å². The number of hydrogen-bond acceptors (Lipinski definition) is 4. The molecule has 1 aromatic heterocycles. The average Bonchev–Trinajstić information content (AvgIpc) is 2.29. The van der Waals surface area contributed by atoms with Gasteiger partial charge in [-0.15, -0.1) is 0 Å². The van der Waals surface area contributed by atoms with Crippen molar-refractivity contribution in [2.45, 2.75) is 18.9 Å². The van der Waals surface area contributed by atoms with E-state index in [1.165, 1.54) is 0 Å². The van der Waals surface area contributed by atoms with Crippen molar-refractivity contribution in [1.29, 1.82) is 0 Å². The van der Waals surface area contributed by atoms with Crippen LogP contribution in [-0.4, -0.2) is 36.1 Å². The van der Waals surface area contributed by atoms with Crippen LogP contribution in [-0.2, 0) is 0 Å². The minimum atomic E-state index is 0.452. The number of halogens is 1. The maximum absolute atomic E-state index is 5.82. The summed E-state index contributed by atoms with van der Waals surface area (Å²) in [5.74, 6) is 0.856. The zero-order chi connectivity index (χ0) is 10.7. The van der Waals surface area contributed by atoms with Gasteiger partial charge in [-0.1, -0.05) is 11.6 Å². The van der Waals surface area contributed by atoms with E-state index in [1.807, 2.05) is 0 Å². The van der Waals surface area contributed by atoms with Crippen molar-refractivity contribution in [2.24, 2.45) is 0 Å². The quantitative estimate of drug-likeness (QED) is 0.826. The number of nitrogens with one attached hydrogen (secondary N) is 1. The van der Waals surface area contributed by atoms with Crippen LogP contribution in [0.15, 0.2) is 12.4 Å². The van der Waals surface area contributed by atoms with Gasteiger partial charge in [-0.25, -0.2) is 4.98 Å². The van der Waals surface area contributed by atoms with Crippen LogP contribution in [0.2, 0.25) is 5.15 Å². The first-order valence-corrected chi connectivity index (χ1v) is 5.56. The van der Waals surface area contributed by atoms with Crippen molar-refractivity contribution in [1.82, 2.24) is 15.3 Å². The van der Waals surface area contributed by atoms with Crippen LogP contribution in [0, 0.1) is 0 Å². The maximum Gasteiger partial charge on any atom is 0.149 e. The molecule has 0 aliphatic carbocycles. The lowest BCUT2D eigenvalue weighted by Gasteiger charge is -2.32. The van der Waals surface area contributed by atoms with Gasteiger partial charge in [0.1, 0.15) is 11.0 Å². The van der Waals surface area contributed by atoms with Crippen molar-refractivity contribution in [3.8, 4) is 0 Å². The average molecular weight is 227 g/mol. The van der Waals surface area contributed by atoms with Crippen LogP contribution < -0.4 is 10.2 Å². The summed E-state index contributed by atoms with van der Waals surface area (Å²) in [7, 11) is 2.05. The van der Waals surface area contributed by atoms with Gasteiger partial charge in [-0.05, 0) is 25.9 Å². The Bertz CT molecular complexity index is 325. The van der Waals surface area contributed by atoms with Crippen LogP contribution >= 0.6 is 11.6 Å². The molecule has 1 N–H and O–H groups in total. The first-order chi connectivity index (χ1) is 7.27. The number of piperidine rings is 1. The van der Waals surface area contributed by atoms with Crippen LogP contribution in [0.3, 0.4) is 0 Å². The molecule has 0 radical (unpaired) electrons. The Hall–Kier alpha value is -0.870. The van der Waals surface area contributed by atoms with Crippen molar-refractivity contribution in [2.75, 3.05) is 25.0 Å². The lowest BCUT2D eigenvalue weighted by atomic mass is 10.1. The normalized spacial score (nSPS) is 17.7. The van der Waals surface area contributed by atoms with Crippen LogP contribution in [0.4, 0.5) is 5.82 Å². The third kappa shape index (κ3) is 2.58. The van der Waals surface area contributed by atoms with Gasteiger partial charge in [0.05, 0.1) is 12.4 Å². The van der Waals surface area contributed by atoms with Gasteiger partial charge < -0.3 is 10.2 Å². The van der Waals surface area contributed by atoms with E-state index in [9.17, 15) is 0 Å². The third-order valence-electron chi connectivity index (χ3n) is 2.81.